The number of nitrogens with zero attached hydrogens (tertiary/aromatic N) is 1. The molecule has 2 fully saturated rings. The largest absolute Gasteiger partial charge is 0.378 e. The summed E-state index contributed by atoms with van der Waals surface area (Å²) in [6.07, 6.45) is 6.92. The van der Waals surface area contributed by atoms with Crippen LogP contribution in [0.15, 0.2) is 0 Å². The van der Waals surface area contributed by atoms with Gasteiger partial charge in [0.1, 0.15) is 0 Å². The monoisotopic (exact) mass is 240 g/mol. The molecule has 2 unspecified atom stereocenters. The van der Waals surface area contributed by atoms with Crippen LogP contribution in [0.25, 0.3) is 0 Å². The first-order valence-electron chi connectivity index (χ1n) is 7.34. The highest BCUT2D eigenvalue weighted by Crippen LogP contribution is 2.28. The van der Waals surface area contributed by atoms with E-state index in [2.05, 4.69) is 24.2 Å². The van der Waals surface area contributed by atoms with Crippen molar-refractivity contribution >= 4 is 0 Å². The average molecular weight is 240 g/mol. The van der Waals surface area contributed by atoms with E-state index in [9.17, 15) is 0 Å². The van der Waals surface area contributed by atoms with Crippen molar-refractivity contribution in [3.8, 4) is 0 Å². The molecule has 0 bridgehead atoms. The first-order valence-corrected chi connectivity index (χ1v) is 7.34. The number of hydrogen-bond acceptors (Lipinski definition) is 3. The van der Waals surface area contributed by atoms with Crippen LogP contribution in [0.4, 0.5) is 0 Å². The van der Waals surface area contributed by atoms with Crippen LogP contribution in [-0.2, 0) is 4.74 Å². The van der Waals surface area contributed by atoms with Crippen molar-refractivity contribution in [1.82, 2.24) is 10.2 Å². The molecule has 1 aliphatic carbocycles. The molecule has 0 spiro atoms. The van der Waals surface area contributed by atoms with Crippen molar-refractivity contribution in [2.75, 3.05) is 33.4 Å². The van der Waals surface area contributed by atoms with Crippen molar-refractivity contribution in [3.05, 3.63) is 0 Å². The molecule has 100 valence electrons. The van der Waals surface area contributed by atoms with Gasteiger partial charge in [-0.3, -0.25) is 4.90 Å². The van der Waals surface area contributed by atoms with Gasteiger partial charge in [-0.05, 0) is 32.2 Å². The second-order valence-electron chi connectivity index (χ2n) is 5.57. The minimum Gasteiger partial charge on any atom is -0.378 e. The lowest BCUT2D eigenvalue weighted by Crippen LogP contribution is -2.52. The van der Waals surface area contributed by atoms with Gasteiger partial charge in [-0.15, -0.1) is 0 Å². The summed E-state index contributed by atoms with van der Waals surface area (Å²) in [5.74, 6) is 0.903. The second-order valence-corrected chi connectivity index (χ2v) is 5.57. The van der Waals surface area contributed by atoms with Crippen LogP contribution in [0.5, 0.6) is 0 Å². The lowest BCUT2D eigenvalue weighted by Gasteiger charge is -2.38. The maximum Gasteiger partial charge on any atom is 0.0622 e. The SMILES string of the molecule is CCC1COCCN1CC(NC)C1CCCC1. The van der Waals surface area contributed by atoms with Gasteiger partial charge in [0, 0.05) is 25.2 Å². The molecule has 1 saturated heterocycles. The number of morpholine rings is 1. The zero-order valence-electron chi connectivity index (χ0n) is 11.5. The van der Waals surface area contributed by atoms with Crippen LogP contribution in [0.2, 0.25) is 0 Å². The van der Waals surface area contributed by atoms with Crippen molar-refractivity contribution < 1.29 is 4.74 Å². The number of nitrogens with one attached hydrogen (secondary N) is 1. The Balaban J connectivity index is 1.87. The zero-order chi connectivity index (χ0) is 12.1. The van der Waals surface area contributed by atoms with Gasteiger partial charge in [0.25, 0.3) is 0 Å². The third-order valence-electron chi connectivity index (χ3n) is 4.59. The molecule has 3 heteroatoms. The summed E-state index contributed by atoms with van der Waals surface area (Å²) >= 11 is 0. The van der Waals surface area contributed by atoms with Gasteiger partial charge in [0.05, 0.1) is 13.2 Å². The van der Waals surface area contributed by atoms with Gasteiger partial charge in [0.2, 0.25) is 0 Å². The molecule has 0 radical (unpaired) electrons. The molecule has 1 N–H and O–H groups in total. The molecule has 2 aliphatic rings. The van der Waals surface area contributed by atoms with E-state index in [0.717, 1.165) is 25.7 Å². The minimum atomic E-state index is 0.640. The Kier molecular flexibility index (Phi) is 5.26. The Labute approximate surface area is 106 Å². The van der Waals surface area contributed by atoms with Gasteiger partial charge in [-0.2, -0.15) is 0 Å². The normalized spacial score (nSPS) is 29.6. The smallest absolute Gasteiger partial charge is 0.0622 e. The third-order valence-corrected chi connectivity index (χ3v) is 4.59. The average Bonchev–Trinajstić information content (AvgIpc) is 2.90. The fourth-order valence-electron chi connectivity index (χ4n) is 3.39. The highest BCUT2D eigenvalue weighted by molar-refractivity contribution is 4.85. The summed E-state index contributed by atoms with van der Waals surface area (Å²) in [6, 6.07) is 1.32. The first-order chi connectivity index (χ1) is 8.35. The third kappa shape index (κ3) is 3.43. The van der Waals surface area contributed by atoms with Crippen LogP contribution in [-0.4, -0.2) is 50.3 Å². The molecule has 0 aromatic carbocycles. The van der Waals surface area contributed by atoms with Crippen molar-refractivity contribution in [1.29, 1.82) is 0 Å². The van der Waals surface area contributed by atoms with E-state index < -0.39 is 0 Å². The lowest BCUT2D eigenvalue weighted by molar-refractivity contribution is -0.0149. The molecule has 1 saturated carbocycles. The molecular formula is C14H28N2O. The van der Waals surface area contributed by atoms with E-state index in [1.165, 1.54) is 38.6 Å². The fourth-order valence-corrected chi connectivity index (χ4v) is 3.39. The van der Waals surface area contributed by atoms with Crippen LogP contribution < -0.4 is 5.32 Å². The Hall–Kier alpha value is -0.120. The number of likely N-dealkylation sites (N-methyl/N-ethyl adjacent to an activating group) is 1. The Morgan fingerprint density at radius 2 is 2.12 bits per heavy atom. The summed E-state index contributed by atoms with van der Waals surface area (Å²) in [5.41, 5.74) is 0. The van der Waals surface area contributed by atoms with E-state index in [4.69, 9.17) is 4.74 Å². The van der Waals surface area contributed by atoms with Gasteiger partial charge in [-0.1, -0.05) is 19.8 Å². The maximum absolute atomic E-state index is 5.58. The Morgan fingerprint density at radius 1 is 1.35 bits per heavy atom. The maximum atomic E-state index is 5.58. The fraction of sp³-hybridized carbons (Fsp3) is 1.00. The number of ether oxygens (including phenoxy) is 1. The molecule has 0 aromatic heterocycles. The highest BCUT2D eigenvalue weighted by atomic mass is 16.5. The summed E-state index contributed by atoms with van der Waals surface area (Å²) < 4.78 is 5.58. The van der Waals surface area contributed by atoms with Crippen molar-refractivity contribution in [2.24, 2.45) is 5.92 Å². The van der Waals surface area contributed by atoms with Crippen LogP contribution >= 0.6 is 0 Å². The molecule has 2 atom stereocenters. The molecule has 0 amide bonds. The quantitative estimate of drug-likeness (QED) is 0.794. The molecule has 17 heavy (non-hydrogen) atoms. The standard InChI is InChI=1S/C14H28N2O/c1-3-13-11-17-9-8-16(13)10-14(15-2)12-6-4-5-7-12/h12-15H,3-11H2,1-2H3. The van der Waals surface area contributed by atoms with Gasteiger partial charge in [-0.25, -0.2) is 0 Å². The van der Waals surface area contributed by atoms with Gasteiger partial charge < -0.3 is 10.1 Å². The van der Waals surface area contributed by atoms with E-state index in [1.54, 1.807) is 0 Å². The predicted octanol–water partition coefficient (Wildman–Crippen LogP) is 1.88. The van der Waals surface area contributed by atoms with Gasteiger partial charge >= 0.3 is 0 Å². The molecule has 2 rings (SSSR count). The topological polar surface area (TPSA) is 24.5 Å². The summed E-state index contributed by atoms with van der Waals surface area (Å²) in [5, 5.41) is 3.55. The van der Waals surface area contributed by atoms with E-state index in [0.29, 0.717) is 12.1 Å². The number of rotatable bonds is 5. The summed E-state index contributed by atoms with van der Waals surface area (Å²) in [4.78, 5) is 2.64. The summed E-state index contributed by atoms with van der Waals surface area (Å²) in [6.45, 7) is 6.44. The summed E-state index contributed by atoms with van der Waals surface area (Å²) in [7, 11) is 2.13. The Bertz CT molecular complexity index is 214. The molecule has 1 heterocycles. The van der Waals surface area contributed by atoms with E-state index in [-0.39, 0.29) is 0 Å². The van der Waals surface area contributed by atoms with E-state index >= 15 is 0 Å². The van der Waals surface area contributed by atoms with Crippen molar-refractivity contribution in [3.63, 3.8) is 0 Å². The Morgan fingerprint density at radius 3 is 2.76 bits per heavy atom. The first kappa shape index (κ1) is 13.3. The predicted molar refractivity (Wildman–Crippen MR) is 71.3 cm³/mol. The molecular weight excluding hydrogens is 212 g/mol. The molecule has 3 nitrogen and oxygen atoms in total. The van der Waals surface area contributed by atoms with Gasteiger partial charge in [0.15, 0.2) is 0 Å². The highest BCUT2D eigenvalue weighted by Gasteiger charge is 2.29. The van der Waals surface area contributed by atoms with E-state index in [1.807, 2.05) is 0 Å². The van der Waals surface area contributed by atoms with Crippen LogP contribution in [0, 0.1) is 5.92 Å². The molecule has 0 aromatic rings. The zero-order valence-corrected chi connectivity index (χ0v) is 11.5. The lowest BCUT2D eigenvalue weighted by atomic mass is 9.97. The van der Waals surface area contributed by atoms with Crippen LogP contribution in [0.1, 0.15) is 39.0 Å². The number of hydrogen-bond donors (Lipinski definition) is 1. The second kappa shape index (κ2) is 6.72. The van der Waals surface area contributed by atoms with Crippen LogP contribution in [0.3, 0.4) is 0 Å². The van der Waals surface area contributed by atoms with Crippen molar-refractivity contribution in [2.45, 2.75) is 51.1 Å². The minimum absolute atomic E-state index is 0.640. The molecule has 1 aliphatic heterocycles.